The standard InChI is InChI=1S/C13H21N3O3S/c1-20(18,19)16-7-5-11(10-16)9-12-3-2-4-13(15-12)14-6-8-17/h2-4,11,17H,5-10H2,1H3,(H,14,15). The average Bonchev–Trinajstić information content (AvgIpc) is 2.85. The molecule has 2 heterocycles. The van der Waals surface area contributed by atoms with Gasteiger partial charge >= 0.3 is 0 Å². The first kappa shape index (κ1) is 15.2. The summed E-state index contributed by atoms with van der Waals surface area (Å²) in [5.74, 6) is 1.07. The second kappa shape index (κ2) is 6.51. The minimum absolute atomic E-state index is 0.0673. The summed E-state index contributed by atoms with van der Waals surface area (Å²) in [5, 5.41) is 11.8. The number of aromatic nitrogens is 1. The van der Waals surface area contributed by atoms with Gasteiger partial charge in [-0.05, 0) is 30.9 Å². The summed E-state index contributed by atoms with van der Waals surface area (Å²) >= 11 is 0. The van der Waals surface area contributed by atoms with Gasteiger partial charge in [0.15, 0.2) is 0 Å². The Morgan fingerprint density at radius 1 is 1.50 bits per heavy atom. The Balaban J connectivity index is 1.94. The van der Waals surface area contributed by atoms with Gasteiger partial charge in [0.05, 0.1) is 12.9 Å². The zero-order valence-electron chi connectivity index (χ0n) is 11.6. The van der Waals surface area contributed by atoms with Crippen LogP contribution in [0.4, 0.5) is 5.82 Å². The summed E-state index contributed by atoms with van der Waals surface area (Å²) in [6, 6.07) is 5.73. The van der Waals surface area contributed by atoms with Crippen molar-refractivity contribution in [1.29, 1.82) is 0 Å². The summed E-state index contributed by atoms with van der Waals surface area (Å²) < 4.78 is 24.5. The summed E-state index contributed by atoms with van der Waals surface area (Å²) in [5.41, 5.74) is 0.952. The van der Waals surface area contributed by atoms with Crippen molar-refractivity contribution in [3.05, 3.63) is 23.9 Å². The van der Waals surface area contributed by atoms with Crippen LogP contribution in [0.3, 0.4) is 0 Å². The predicted octanol–water partition coefficient (Wildman–Crippen LogP) is 0.310. The van der Waals surface area contributed by atoms with Gasteiger partial charge in [-0.1, -0.05) is 6.07 Å². The second-order valence-electron chi connectivity index (χ2n) is 5.14. The molecule has 1 aliphatic rings. The molecule has 1 saturated heterocycles. The van der Waals surface area contributed by atoms with Crippen LogP contribution in [0.15, 0.2) is 18.2 Å². The maximum atomic E-state index is 11.5. The Kier molecular flexibility index (Phi) is 4.95. The lowest BCUT2D eigenvalue weighted by molar-refractivity contribution is 0.311. The molecule has 0 saturated carbocycles. The van der Waals surface area contributed by atoms with E-state index in [1.807, 2.05) is 18.2 Å². The number of anilines is 1. The molecule has 2 N–H and O–H groups in total. The van der Waals surface area contributed by atoms with Crippen LogP contribution in [0.2, 0.25) is 0 Å². The molecule has 0 bridgehead atoms. The zero-order chi connectivity index (χ0) is 14.6. The quantitative estimate of drug-likeness (QED) is 0.790. The van der Waals surface area contributed by atoms with Crippen molar-refractivity contribution in [3.8, 4) is 0 Å². The number of hydrogen-bond donors (Lipinski definition) is 2. The first-order valence-electron chi connectivity index (χ1n) is 6.75. The number of sulfonamides is 1. The molecule has 0 amide bonds. The van der Waals surface area contributed by atoms with Crippen LogP contribution in [-0.2, 0) is 16.4 Å². The molecule has 0 aliphatic carbocycles. The van der Waals surface area contributed by atoms with E-state index in [0.717, 1.165) is 24.4 Å². The summed E-state index contributed by atoms with van der Waals surface area (Å²) in [7, 11) is -3.08. The van der Waals surface area contributed by atoms with E-state index in [-0.39, 0.29) is 6.61 Å². The van der Waals surface area contributed by atoms with Gasteiger partial charge in [0.2, 0.25) is 10.0 Å². The maximum Gasteiger partial charge on any atom is 0.211 e. The highest BCUT2D eigenvalue weighted by atomic mass is 32.2. The van der Waals surface area contributed by atoms with Crippen molar-refractivity contribution in [2.24, 2.45) is 5.92 Å². The smallest absolute Gasteiger partial charge is 0.211 e. The number of aliphatic hydroxyl groups is 1. The van der Waals surface area contributed by atoms with Crippen molar-refractivity contribution in [2.75, 3.05) is 37.8 Å². The lowest BCUT2D eigenvalue weighted by Gasteiger charge is -2.13. The first-order chi connectivity index (χ1) is 9.49. The van der Waals surface area contributed by atoms with E-state index in [0.29, 0.717) is 25.6 Å². The minimum atomic E-state index is -3.08. The van der Waals surface area contributed by atoms with E-state index in [1.165, 1.54) is 10.6 Å². The molecule has 1 fully saturated rings. The Labute approximate surface area is 119 Å². The van der Waals surface area contributed by atoms with Crippen LogP contribution in [0, 0.1) is 5.92 Å². The molecule has 2 rings (SSSR count). The van der Waals surface area contributed by atoms with E-state index < -0.39 is 10.0 Å². The van der Waals surface area contributed by atoms with Gasteiger partial charge < -0.3 is 10.4 Å². The SMILES string of the molecule is CS(=O)(=O)N1CCC(Cc2cccc(NCCO)n2)C1. The van der Waals surface area contributed by atoms with Crippen molar-refractivity contribution >= 4 is 15.8 Å². The fourth-order valence-corrected chi connectivity index (χ4v) is 3.36. The summed E-state index contributed by atoms with van der Waals surface area (Å²) in [4.78, 5) is 4.47. The number of pyridine rings is 1. The zero-order valence-corrected chi connectivity index (χ0v) is 12.4. The molecule has 7 heteroatoms. The van der Waals surface area contributed by atoms with Crippen molar-refractivity contribution in [2.45, 2.75) is 12.8 Å². The van der Waals surface area contributed by atoms with Crippen LogP contribution in [0.25, 0.3) is 0 Å². The van der Waals surface area contributed by atoms with Crippen LogP contribution in [0.1, 0.15) is 12.1 Å². The molecule has 0 radical (unpaired) electrons. The number of aliphatic hydroxyl groups excluding tert-OH is 1. The molecule has 6 nitrogen and oxygen atoms in total. The molecule has 1 aromatic heterocycles. The number of nitrogens with one attached hydrogen (secondary N) is 1. The predicted molar refractivity (Wildman–Crippen MR) is 78.0 cm³/mol. The average molecular weight is 299 g/mol. The third kappa shape index (κ3) is 4.16. The van der Waals surface area contributed by atoms with Gasteiger partial charge in [-0.15, -0.1) is 0 Å². The monoisotopic (exact) mass is 299 g/mol. The Morgan fingerprint density at radius 2 is 2.30 bits per heavy atom. The lowest BCUT2D eigenvalue weighted by atomic mass is 10.0. The number of hydrogen-bond acceptors (Lipinski definition) is 5. The topological polar surface area (TPSA) is 82.5 Å². The second-order valence-corrected chi connectivity index (χ2v) is 7.13. The van der Waals surface area contributed by atoms with Gasteiger partial charge in [0.25, 0.3) is 0 Å². The van der Waals surface area contributed by atoms with Gasteiger partial charge in [0, 0.05) is 25.3 Å². The maximum absolute atomic E-state index is 11.5. The molecular weight excluding hydrogens is 278 g/mol. The molecule has 1 atom stereocenters. The largest absolute Gasteiger partial charge is 0.395 e. The van der Waals surface area contributed by atoms with Gasteiger partial charge in [0.1, 0.15) is 5.82 Å². The molecular formula is C13H21N3O3S. The summed E-state index contributed by atoms with van der Waals surface area (Å²) in [6.45, 7) is 1.72. The molecule has 112 valence electrons. The third-order valence-corrected chi connectivity index (χ3v) is 4.71. The van der Waals surface area contributed by atoms with E-state index in [4.69, 9.17) is 5.11 Å². The number of rotatable bonds is 6. The minimum Gasteiger partial charge on any atom is -0.395 e. The summed E-state index contributed by atoms with van der Waals surface area (Å²) in [6.07, 6.45) is 2.91. The van der Waals surface area contributed by atoms with Crippen LogP contribution in [0.5, 0.6) is 0 Å². The molecule has 0 spiro atoms. The van der Waals surface area contributed by atoms with E-state index in [2.05, 4.69) is 10.3 Å². The van der Waals surface area contributed by atoms with E-state index in [1.54, 1.807) is 0 Å². The molecule has 1 unspecified atom stereocenters. The van der Waals surface area contributed by atoms with Gasteiger partial charge in [-0.25, -0.2) is 17.7 Å². The first-order valence-corrected chi connectivity index (χ1v) is 8.59. The fourth-order valence-electron chi connectivity index (χ4n) is 2.44. The van der Waals surface area contributed by atoms with Crippen LogP contribution < -0.4 is 5.32 Å². The van der Waals surface area contributed by atoms with Crippen molar-refractivity contribution in [3.63, 3.8) is 0 Å². The third-order valence-electron chi connectivity index (χ3n) is 3.44. The molecule has 20 heavy (non-hydrogen) atoms. The van der Waals surface area contributed by atoms with E-state index in [9.17, 15) is 8.42 Å². The fraction of sp³-hybridized carbons (Fsp3) is 0.615. The lowest BCUT2D eigenvalue weighted by Crippen LogP contribution is -2.27. The number of nitrogens with zero attached hydrogens (tertiary/aromatic N) is 2. The van der Waals surface area contributed by atoms with Gasteiger partial charge in [-0.3, -0.25) is 0 Å². The van der Waals surface area contributed by atoms with Crippen molar-refractivity contribution < 1.29 is 13.5 Å². The Hall–Kier alpha value is -1.18. The van der Waals surface area contributed by atoms with Gasteiger partial charge in [-0.2, -0.15) is 0 Å². The van der Waals surface area contributed by atoms with E-state index >= 15 is 0 Å². The highest BCUT2D eigenvalue weighted by molar-refractivity contribution is 7.88. The Morgan fingerprint density at radius 3 is 2.95 bits per heavy atom. The molecule has 0 aromatic carbocycles. The highest BCUT2D eigenvalue weighted by Gasteiger charge is 2.28. The normalized spacial score (nSPS) is 20.2. The van der Waals surface area contributed by atoms with Crippen LogP contribution >= 0.6 is 0 Å². The molecule has 1 aromatic rings. The Bertz CT molecular complexity index is 548. The van der Waals surface area contributed by atoms with Crippen LogP contribution in [-0.4, -0.2) is 55.3 Å². The highest BCUT2D eigenvalue weighted by Crippen LogP contribution is 2.22. The van der Waals surface area contributed by atoms with Crippen molar-refractivity contribution in [1.82, 2.24) is 9.29 Å². The molecule has 1 aliphatic heterocycles.